The number of aryl methyl sites for hydroxylation is 2. The number of carbonyl (C=O) groups is 1. The highest BCUT2D eigenvalue weighted by Gasteiger charge is 2.22. The van der Waals surface area contributed by atoms with Crippen LogP contribution in [0.15, 0.2) is 46.2 Å². The molecule has 3 aromatic heterocycles. The summed E-state index contributed by atoms with van der Waals surface area (Å²) in [6.07, 6.45) is 3.03. The summed E-state index contributed by atoms with van der Waals surface area (Å²) in [6.45, 7) is 3.33. The largest absolute Gasteiger partial charge is 0.351 e. The molecule has 28 heavy (non-hydrogen) atoms. The van der Waals surface area contributed by atoms with Gasteiger partial charge in [-0.05, 0) is 19.4 Å². The second-order valence-corrected chi connectivity index (χ2v) is 7.29. The van der Waals surface area contributed by atoms with Crippen LogP contribution in [-0.4, -0.2) is 30.0 Å². The number of ketones is 1. The molecule has 3 heterocycles. The molecule has 0 radical (unpaired) electrons. The molecule has 0 saturated heterocycles. The van der Waals surface area contributed by atoms with Gasteiger partial charge in [0.2, 0.25) is 0 Å². The molecule has 0 aliphatic carbocycles. The summed E-state index contributed by atoms with van der Waals surface area (Å²) in [4.78, 5) is 39.9. The zero-order valence-corrected chi connectivity index (χ0v) is 15.9. The topological polar surface area (TPSA) is 118 Å². The lowest BCUT2D eigenvalue weighted by Crippen LogP contribution is -2.45. The molecular weight excluding hydrogens is 380 g/mol. The van der Waals surface area contributed by atoms with Gasteiger partial charge in [-0.2, -0.15) is 14.9 Å². The summed E-state index contributed by atoms with van der Waals surface area (Å²) in [6, 6.07) is 7.13. The standard InChI is InChI=1S/C18H16N6O3S/c1-10-5-3-4-6-12(10)13(25)9-22-17-14(15(26)23(19)18(22)27)11(2)16(28-17)24-20-7-8-21-24/h3-8H,9,19H2,1-2H3. The van der Waals surface area contributed by atoms with E-state index in [4.69, 9.17) is 5.84 Å². The van der Waals surface area contributed by atoms with Crippen molar-refractivity contribution >= 4 is 27.3 Å². The van der Waals surface area contributed by atoms with Crippen molar-refractivity contribution < 1.29 is 4.79 Å². The lowest BCUT2D eigenvalue weighted by molar-refractivity contribution is 0.0971. The van der Waals surface area contributed by atoms with Crippen LogP contribution >= 0.6 is 11.3 Å². The molecule has 0 unspecified atom stereocenters. The van der Waals surface area contributed by atoms with Crippen molar-refractivity contribution in [2.45, 2.75) is 20.4 Å². The van der Waals surface area contributed by atoms with Gasteiger partial charge in [0.15, 0.2) is 5.78 Å². The predicted octanol–water partition coefficient (Wildman–Crippen LogP) is 1.02. The number of Topliss-reactive ketones (excluding diaryl/α,β-unsaturated/α-hetero) is 1. The molecule has 0 saturated carbocycles. The first-order valence-corrected chi connectivity index (χ1v) is 9.21. The molecule has 142 valence electrons. The number of nitrogens with two attached hydrogens (primary N) is 1. The van der Waals surface area contributed by atoms with Gasteiger partial charge in [0.25, 0.3) is 5.56 Å². The summed E-state index contributed by atoms with van der Waals surface area (Å²) in [5.41, 5.74) is 0.547. The van der Waals surface area contributed by atoms with E-state index in [0.29, 0.717) is 25.6 Å². The van der Waals surface area contributed by atoms with Crippen LogP contribution in [0.3, 0.4) is 0 Å². The lowest BCUT2D eigenvalue weighted by Gasteiger charge is -2.10. The Morgan fingerprint density at radius 2 is 1.82 bits per heavy atom. The van der Waals surface area contributed by atoms with Crippen molar-refractivity contribution in [1.29, 1.82) is 0 Å². The Bertz CT molecular complexity index is 1330. The first-order valence-electron chi connectivity index (χ1n) is 8.39. The second kappa shape index (κ2) is 6.57. The Hall–Kier alpha value is -3.53. The minimum Gasteiger partial charge on any atom is -0.332 e. The van der Waals surface area contributed by atoms with Gasteiger partial charge >= 0.3 is 5.69 Å². The third kappa shape index (κ3) is 2.65. The SMILES string of the molecule is Cc1ccccc1C(=O)Cn1c(=O)n(N)c(=O)c2c(C)c(-n3nccn3)sc21. The summed E-state index contributed by atoms with van der Waals surface area (Å²) >= 11 is 1.17. The Balaban J connectivity index is 1.95. The van der Waals surface area contributed by atoms with Gasteiger partial charge in [-0.3, -0.25) is 14.2 Å². The van der Waals surface area contributed by atoms with E-state index >= 15 is 0 Å². The van der Waals surface area contributed by atoms with E-state index in [2.05, 4.69) is 10.2 Å². The van der Waals surface area contributed by atoms with E-state index in [-0.39, 0.29) is 17.7 Å². The fourth-order valence-corrected chi connectivity index (χ4v) is 4.33. The Kier molecular flexibility index (Phi) is 4.19. The van der Waals surface area contributed by atoms with Crippen LogP contribution in [-0.2, 0) is 6.54 Å². The van der Waals surface area contributed by atoms with Crippen molar-refractivity contribution in [2.24, 2.45) is 0 Å². The van der Waals surface area contributed by atoms with Crippen molar-refractivity contribution in [1.82, 2.24) is 24.2 Å². The first kappa shape index (κ1) is 17.9. The predicted molar refractivity (Wildman–Crippen MR) is 106 cm³/mol. The quantitative estimate of drug-likeness (QED) is 0.406. The summed E-state index contributed by atoms with van der Waals surface area (Å²) in [5, 5.41) is 9.04. The summed E-state index contributed by atoms with van der Waals surface area (Å²) in [5.74, 6) is 5.47. The minimum atomic E-state index is -0.749. The van der Waals surface area contributed by atoms with E-state index in [1.807, 2.05) is 19.1 Å². The lowest BCUT2D eigenvalue weighted by atomic mass is 10.1. The maximum absolute atomic E-state index is 12.8. The van der Waals surface area contributed by atoms with Crippen LogP contribution in [0.25, 0.3) is 15.2 Å². The van der Waals surface area contributed by atoms with Crippen molar-refractivity contribution in [3.05, 3.63) is 74.2 Å². The summed E-state index contributed by atoms with van der Waals surface area (Å²) in [7, 11) is 0. The van der Waals surface area contributed by atoms with Crippen LogP contribution < -0.4 is 17.1 Å². The zero-order valence-electron chi connectivity index (χ0n) is 15.1. The molecule has 1 aromatic carbocycles. The molecule has 4 aromatic rings. The van der Waals surface area contributed by atoms with Crippen LogP contribution in [0.4, 0.5) is 0 Å². The Labute approximate surface area is 162 Å². The van der Waals surface area contributed by atoms with Crippen molar-refractivity contribution in [3.63, 3.8) is 0 Å². The number of hydrogen-bond donors (Lipinski definition) is 1. The van der Waals surface area contributed by atoms with Crippen LogP contribution in [0.1, 0.15) is 21.5 Å². The van der Waals surface area contributed by atoms with E-state index in [1.54, 1.807) is 19.1 Å². The van der Waals surface area contributed by atoms with Gasteiger partial charge in [0, 0.05) is 11.1 Å². The molecule has 0 bridgehead atoms. The third-order valence-electron chi connectivity index (χ3n) is 4.57. The van der Waals surface area contributed by atoms with E-state index < -0.39 is 11.2 Å². The van der Waals surface area contributed by atoms with E-state index in [0.717, 1.165) is 5.56 Å². The highest BCUT2D eigenvalue weighted by atomic mass is 32.1. The number of aromatic nitrogens is 5. The molecule has 9 nitrogen and oxygen atoms in total. The van der Waals surface area contributed by atoms with Crippen LogP contribution in [0.5, 0.6) is 0 Å². The fourth-order valence-electron chi connectivity index (χ4n) is 3.12. The fraction of sp³-hybridized carbons (Fsp3) is 0.167. The maximum atomic E-state index is 12.8. The molecule has 2 N–H and O–H groups in total. The Morgan fingerprint density at radius 3 is 2.50 bits per heavy atom. The van der Waals surface area contributed by atoms with Crippen molar-refractivity contribution in [3.8, 4) is 5.00 Å². The average molecular weight is 396 g/mol. The maximum Gasteiger partial charge on any atom is 0.351 e. The average Bonchev–Trinajstić information content (AvgIpc) is 3.31. The van der Waals surface area contributed by atoms with Crippen LogP contribution in [0.2, 0.25) is 0 Å². The molecular formula is C18H16N6O3S. The first-order chi connectivity index (χ1) is 13.4. The normalized spacial score (nSPS) is 11.2. The number of hydrogen-bond acceptors (Lipinski definition) is 7. The van der Waals surface area contributed by atoms with E-state index in [1.165, 1.54) is 33.1 Å². The summed E-state index contributed by atoms with van der Waals surface area (Å²) < 4.78 is 1.77. The monoisotopic (exact) mass is 396 g/mol. The molecule has 0 atom stereocenters. The molecule has 0 amide bonds. The minimum absolute atomic E-state index is 0.233. The molecule has 0 aliphatic rings. The number of benzene rings is 1. The third-order valence-corrected chi connectivity index (χ3v) is 5.85. The van der Waals surface area contributed by atoms with Gasteiger partial charge in [-0.25, -0.2) is 4.79 Å². The molecule has 0 spiro atoms. The molecule has 0 aliphatic heterocycles. The smallest absolute Gasteiger partial charge is 0.332 e. The number of rotatable bonds is 4. The van der Waals surface area contributed by atoms with Crippen molar-refractivity contribution in [2.75, 3.05) is 5.84 Å². The number of fused-ring (bicyclic) bond motifs is 1. The van der Waals surface area contributed by atoms with Gasteiger partial charge in [0.1, 0.15) is 9.83 Å². The van der Waals surface area contributed by atoms with Gasteiger partial charge in [-0.1, -0.05) is 35.6 Å². The van der Waals surface area contributed by atoms with Gasteiger partial charge < -0.3 is 5.84 Å². The number of thiophene rings is 1. The van der Waals surface area contributed by atoms with Crippen LogP contribution in [0, 0.1) is 13.8 Å². The number of carbonyl (C=O) groups excluding carboxylic acids is 1. The van der Waals surface area contributed by atoms with Gasteiger partial charge in [0.05, 0.1) is 24.3 Å². The number of nitrogens with zero attached hydrogens (tertiary/aromatic N) is 5. The van der Waals surface area contributed by atoms with E-state index in [9.17, 15) is 14.4 Å². The Morgan fingerprint density at radius 1 is 1.14 bits per heavy atom. The molecule has 4 rings (SSSR count). The highest BCUT2D eigenvalue weighted by molar-refractivity contribution is 7.21. The highest BCUT2D eigenvalue weighted by Crippen LogP contribution is 2.30. The molecule has 0 fully saturated rings. The number of nitrogen functional groups attached to an aromatic ring is 1. The molecule has 10 heteroatoms. The van der Waals surface area contributed by atoms with Gasteiger partial charge in [-0.15, -0.1) is 4.80 Å². The second-order valence-electron chi connectivity index (χ2n) is 6.31. The zero-order chi connectivity index (χ0) is 20.0.